The molecule has 0 spiro atoms. The van der Waals surface area contributed by atoms with Crippen LogP contribution >= 0.6 is 0 Å². The van der Waals surface area contributed by atoms with Crippen molar-refractivity contribution in [1.82, 2.24) is 0 Å². The lowest BCUT2D eigenvalue weighted by molar-refractivity contribution is -0.000135. The van der Waals surface area contributed by atoms with Gasteiger partial charge < -0.3 is 0 Å². The van der Waals surface area contributed by atoms with Crippen molar-refractivity contribution < 1.29 is 0 Å². The highest BCUT2D eigenvalue weighted by molar-refractivity contribution is 5.40. The first-order chi connectivity index (χ1) is 10.6. The van der Waals surface area contributed by atoms with Crippen molar-refractivity contribution in [2.24, 2.45) is 34.5 Å². The topological polar surface area (TPSA) is 0 Å². The molecule has 0 nitrogen and oxygen atoms in total. The van der Waals surface area contributed by atoms with Crippen molar-refractivity contribution in [3.05, 3.63) is 36.0 Å². The van der Waals surface area contributed by atoms with Gasteiger partial charge in [-0.25, -0.2) is 0 Å². The maximum absolute atomic E-state index is 2.64. The van der Waals surface area contributed by atoms with E-state index in [2.05, 4.69) is 51.2 Å². The minimum atomic E-state index is 0.321. The Morgan fingerprint density at radius 3 is 2.82 bits per heavy atom. The zero-order valence-electron chi connectivity index (χ0n) is 14.6. The molecule has 0 N–H and O–H groups in total. The van der Waals surface area contributed by atoms with Gasteiger partial charge in [-0.15, -0.1) is 0 Å². The van der Waals surface area contributed by atoms with Gasteiger partial charge in [0.05, 0.1) is 0 Å². The highest BCUT2D eigenvalue weighted by Gasteiger charge is 2.56. The summed E-state index contributed by atoms with van der Waals surface area (Å²) in [5.41, 5.74) is 2.54. The van der Waals surface area contributed by atoms with Gasteiger partial charge >= 0.3 is 0 Å². The Morgan fingerprint density at radius 2 is 2.00 bits per heavy atom. The number of allylic oxidation sites excluding steroid dienone is 6. The molecule has 4 rings (SSSR count). The van der Waals surface area contributed by atoms with Crippen molar-refractivity contribution in [3.8, 4) is 0 Å². The summed E-state index contributed by atoms with van der Waals surface area (Å²) >= 11 is 0. The van der Waals surface area contributed by atoms with Gasteiger partial charge in [-0.05, 0) is 66.8 Å². The fourth-order valence-electron chi connectivity index (χ4n) is 6.72. The Kier molecular flexibility index (Phi) is 3.44. The minimum Gasteiger partial charge on any atom is -0.0838 e. The highest BCUT2D eigenvalue weighted by atomic mass is 14.6. The Morgan fingerprint density at radius 1 is 1.14 bits per heavy atom. The smallest absolute Gasteiger partial charge is 0.0134 e. The molecule has 0 amide bonds. The first-order valence-corrected chi connectivity index (χ1v) is 9.66. The van der Waals surface area contributed by atoms with Crippen molar-refractivity contribution in [2.45, 2.75) is 65.7 Å². The van der Waals surface area contributed by atoms with Gasteiger partial charge in [0.2, 0.25) is 0 Å². The molecule has 0 heteroatoms. The normalized spacial score (nSPS) is 49.3. The van der Waals surface area contributed by atoms with Crippen LogP contribution in [-0.4, -0.2) is 0 Å². The lowest BCUT2D eigenvalue weighted by Crippen LogP contribution is -2.47. The Balaban J connectivity index is 1.69. The zero-order valence-corrected chi connectivity index (χ0v) is 14.6. The number of hydrogen-bond acceptors (Lipinski definition) is 0. The monoisotopic (exact) mass is 296 g/mol. The van der Waals surface area contributed by atoms with Crippen LogP contribution in [0.2, 0.25) is 0 Å². The molecule has 0 saturated heterocycles. The molecule has 0 bridgehead atoms. The SMILES string of the molecule is CCC[C@H]1CC[C@H]2[C@@H]3C=CC4=CCC=C[C@]4(C)[C@H]3CC[C@]12C. The summed E-state index contributed by atoms with van der Waals surface area (Å²) in [4.78, 5) is 0. The number of fused-ring (bicyclic) bond motifs is 5. The fourth-order valence-corrected chi connectivity index (χ4v) is 6.72. The Hall–Kier alpha value is -0.780. The summed E-state index contributed by atoms with van der Waals surface area (Å²) in [7, 11) is 0. The summed E-state index contributed by atoms with van der Waals surface area (Å²) in [6.07, 6.45) is 22.3. The highest BCUT2D eigenvalue weighted by Crippen LogP contribution is 2.65. The van der Waals surface area contributed by atoms with E-state index in [4.69, 9.17) is 0 Å². The van der Waals surface area contributed by atoms with Crippen molar-refractivity contribution >= 4 is 0 Å². The van der Waals surface area contributed by atoms with Crippen molar-refractivity contribution in [3.63, 3.8) is 0 Å². The number of hydrogen-bond donors (Lipinski definition) is 0. The second-order valence-corrected chi connectivity index (χ2v) is 8.84. The third-order valence-corrected chi connectivity index (χ3v) is 7.99. The summed E-state index contributed by atoms with van der Waals surface area (Å²) in [5, 5.41) is 0. The molecular weight excluding hydrogens is 264 g/mol. The predicted octanol–water partition coefficient (Wildman–Crippen LogP) is 6.31. The van der Waals surface area contributed by atoms with Crippen LogP contribution in [0.15, 0.2) is 36.0 Å². The van der Waals surface area contributed by atoms with Crippen LogP contribution in [0.5, 0.6) is 0 Å². The van der Waals surface area contributed by atoms with Crippen LogP contribution in [0.25, 0.3) is 0 Å². The molecule has 0 radical (unpaired) electrons. The molecular formula is C22H32. The van der Waals surface area contributed by atoms with E-state index < -0.39 is 0 Å². The van der Waals surface area contributed by atoms with Gasteiger partial charge in [0, 0.05) is 5.41 Å². The van der Waals surface area contributed by atoms with Gasteiger partial charge in [0.15, 0.2) is 0 Å². The van der Waals surface area contributed by atoms with Gasteiger partial charge in [0.1, 0.15) is 0 Å². The maximum Gasteiger partial charge on any atom is 0.0134 e. The maximum atomic E-state index is 2.64. The van der Waals surface area contributed by atoms with Crippen LogP contribution in [0.3, 0.4) is 0 Å². The Bertz CT molecular complexity index is 536. The molecule has 120 valence electrons. The van der Waals surface area contributed by atoms with E-state index in [9.17, 15) is 0 Å². The third-order valence-electron chi connectivity index (χ3n) is 7.99. The van der Waals surface area contributed by atoms with E-state index in [0.29, 0.717) is 10.8 Å². The molecule has 22 heavy (non-hydrogen) atoms. The minimum absolute atomic E-state index is 0.321. The lowest BCUT2D eigenvalue weighted by Gasteiger charge is -2.55. The van der Waals surface area contributed by atoms with Crippen molar-refractivity contribution in [1.29, 1.82) is 0 Å². The summed E-state index contributed by atoms with van der Waals surface area (Å²) in [5.74, 6) is 3.60. The first kappa shape index (κ1) is 14.8. The van der Waals surface area contributed by atoms with Gasteiger partial charge in [-0.1, -0.05) is 64.0 Å². The quantitative estimate of drug-likeness (QED) is 0.524. The molecule has 0 aromatic rings. The van der Waals surface area contributed by atoms with Crippen LogP contribution in [-0.2, 0) is 0 Å². The molecule has 2 fully saturated rings. The van der Waals surface area contributed by atoms with Crippen LogP contribution in [0.1, 0.15) is 65.7 Å². The van der Waals surface area contributed by atoms with Crippen molar-refractivity contribution in [2.75, 3.05) is 0 Å². The largest absolute Gasteiger partial charge is 0.0838 e. The molecule has 0 heterocycles. The van der Waals surface area contributed by atoms with E-state index in [1.165, 1.54) is 38.5 Å². The molecule has 4 aliphatic rings. The van der Waals surface area contributed by atoms with E-state index in [0.717, 1.165) is 30.1 Å². The molecule has 4 aliphatic carbocycles. The van der Waals surface area contributed by atoms with Gasteiger partial charge in [-0.2, -0.15) is 0 Å². The first-order valence-electron chi connectivity index (χ1n) is 9.66. The third kappa shape index (κ3) is 1.88. The van der Waals surface area contributed by atoms with Crippen LogP contribution in [0.4, 0.5) is 0 Å². The molecule has 0 aromatic heterocycles. The van der Waals surface area contributed by atoms with E-state index in [1.807, 2.05) is 0 Å². The summed E-state index contributed by atoms with van der Waals surface area (Å²) < 4.78 is 0. The predicted molar refractivity (Wildman–Crippen MR) is 94.5 cm³/mol. The van der Waals surface area contributed by atoms with Gasteiger partial charge in [-0.3, -0.25) is 0 Å². The molecule has 0 aliphatic heterocycles. The van der Waals surface area contributed by atoms with Crippen LogP contribution in [0, 0.1) is 34.5 Å². The second kappa shape index (κ2) is 5.11. The van der Waals surface area contributed by atoms with E-state index >= 15 is 0 Å². The average Bonchev–Trinajstić information content (AvgIpc) is 2.84. The van der Waals surface area contributed by atoms with Gasteiger partial charge in [0.25, 0.3) is 0 Å². The lowest BCUT2D eigenvalue weighted by atomic mass is 9.49. The standard InChI is InChI=1S/C22H32/c1-4-7-16-10-12-19-18-11-9-17-8-5-6-14-21(17,2)20(18)13-15-22(16,19)3/h6,8-9,11,14,16,18-20H,4-5,7,10,12-13,15H2,1-3H3/t16-,18-,19-,20-,21-,22+/m0/s1. The molecule has 0 unspecified atom stereocenters. The average molecular weight is 296 g/mol. The molecule has 0 aromatic carbocycles. The van der Waals surface area contributed by atoms with E-state index in [-0.39, 0.29) is 0 Å². The fraction of sp³-hybridized carbons (Fsp3) is 0.727. The zero-order chi connectivity index (χ0) is 15.4. The second-order valence-electron chi connectivity index (χ2n) is 8.84. The summed E-state index contributed by atoms with van der Waals surface area (Å²) in [6, 6.07) is 0. The Labute approximate surface area is 136 Å². The summed E-state index contributed by atoms with van der Waals surface area (Å²) in [6.45, 7) is 7.52. The van der Waals surface area contributed by atoms with Crippen LogP contribution < -0.4 is 0 Å². The van der Waals surface area contributed by atoms with E-state index in [1.54, 1.807) is 5.57 Å². The molecule has 2 saturated carbocycles. The number of rotatable bonds is 2. The molecule has 6 atom stereocenters.